The van der Waals surface area contributed by atoms with Crippen LogP contribution in [-0.2, 0) is 4.79 Å². The minimum absolute atomic E-state index is 0. The van der Waals surface area contributed by atoms with E-state index in [0.717, 1.165) is 25.7 Å². The van der Waals surface area contributed by atoms with E-state index < -0.39 is 5.97 Å². The molecule has 4 heteroatoms. The maximum absolute atomic E-state index is 11.3. The van der Waals surface area contributed by atoms with Crippen molar-refractivity contribution in [2.45, 2.75) is 117 Å². The maximum atomic E-state index is 11.3. The number of carboxylic acids is 1. The molecule has 0 radical (unpaired) electrons. The molecule has 0 aromatic rings. The molecule has 0 heterocycles. The first-order chi connectivity index (χ1) is 13.1. The number of allylic oxidation sites excluding steroid dienone is 2. The van der Waals surface area contributed by atoms with Crippen LogP contribution in [0.5, 0.6) is 0 Å². The van der Waals surface area contributed by atoms with Gasteiger partial charge in [0.25, 0.3) is 0 Å². The summed E-state index contributed by atoms with van der Waals surface area (Å²) in [5.41, 5.74) is 0. The third-order valence-corrected chi connectivity index (χ3v) is 5.17. The van der Waals surface area contributed by atoms with E-state index in [1.165, 1.54) is 51.4 Å². The Labute approximate surface area is 187 Å². The molecule has 2 unspecified atom stereocenters. The predicted molar refractivity (Wildman–Crippen MR) is 116 cm³/mol. The number of carbonyl (C=O) groups excluding carboxylic acids is 1. The van der Waals surface area contributed by atoms with Crippen LogP contribution in [0.1, 0.15) is 105 Å². The molecule has 3 nitrogen and oxygen atoms in total. The Balaban J connectivity index is 0. The van der Waals surface area contributed by atoms with E-state index in [4.69, 9.17) is 0 Å². The molecule has 0 aliphatic rings. The van der Waals surface area contributed by atoms with Crippen LogP contribution in [0.25, 0.3) is 0 Å². The minimum atomic E-state index is -0.986. The monoisotopic (exact) mass is 385 g/mol. The Kier molecular flexibility index (Phi) is 22.5. The van der Waals surface area contributed by atoms with Crippen LogP contribution in [0.15, 0.2) is 24.3 Å². The van der Waals surface area contributed by atoms with Gasteiger partial charge in [0.15, 0.2) is 0 Å². The number of rotatable bonds is 18. The summed E-state index contributed by atoms with van der Waals surface area (Å²) in [5.74, 6) is -0.986. The third-order valence-electron chi connectivity index (χ3n) is 5.17. The fourth-order valence-corrected chi connectivity index (χ4v) is 3.48. The van der Waals surface area contributed by atoms with Gasteiger partial charge in [0, 0.05) is 18.6 Å². The summed E-state index contributed by atoms with van der Waals surface area (Å²) in [6.07, 6.45) is 23.0. The van der Waals surface area contributed by atoms with Gasteiger partial charge >= 0.3 is 18.9 Å². The van der Waals surface area contributed by atoms with Crippen molar-refractivity contribution >= 4 is 5.97 Å². The molecule has 0 aromatic carbocycles. The second kappa shape index (κ2) is 21.2. The Morgan fingerprint density at radius 3 is 1.54 bits per heavy atom. The van der Waals surface area contributed by atoms with Crippen molar-refractivity contribution < 1.29 is 28.8 Å². The van der Waals surface area contributed by atoms with Crippen LogP contribution in [0, 0.1) is 0 Å². The zero-order chi connectivity index (χ0) is 20.3. The molecule has 0 fully saturated rings. The van der Waals surface area contributed by atoms with Gasteiger partial charge in [0.05, 0.1) is 5.97 Å². The summed E-state index contributed by atoms with van der Waals surface area (Å²) in [6.45, 7) is 8.72. The van der Waals surface area contributed by atoms with Gasteiger partial charge in [-0.05, 0) is 38.5 Å². The van der Waals surface area contributed by atoms with E-state index in [0.29, 0.717) is 0 Å². The molecule has 2 atom stereocenters. The van der Waals surface area contributed by atoms with Crippen molar-refractivity contribution in [1.82, 2.24) is 4.90 Å². The molecule has 0 saturated carbocycles. The van der Waals surface area contributed by atoms with Gasteiger partial charge in [0.2, 0.25) is 0 Å². The average molecular weight is 386 g/mol. The molecule has 0 amide bonds. The predicted octanol–water partition coefficient (Wildman–Crippen LogP) is 2.65. The summed E-state index contributed by atoms with van der Waals surface area (Å²) in [4.78, 5) is 13.4. The number of unbranched alkanes of at least 4 members (excludes halogenated alkanes) is 8. The molecular weight excluding hydrogens is 341 g/mol. The van der Waals surface area contributed by atoms with Crippen molar-refractivity contribution in [3.05, 3.63) is 24.3 Å². The largest absolute Gasteiger partial charge is 1.00 e. The standard InChI is InChI=1S/C24H45NO2.Li/c1-5-9-11-13-15-17-19-22(7-3)25(21-24(26)27)23(8-4)20-18-16-14-12-10-6-2;/h17-20,22-23H,5-16,21H2,1-4H3,(H,26,27);/q;+1/p-1/b19-17+,20-18+;. The van der Waals surface area contributed by atoms with Crippen LogP contribution in [0.2, 0.25) is 0 Å². The number of carboxylic acid groups (broad SMARTS) is 1. The topological polar surface area (TPSA) is 43.4 Å². The zero-order valence-corrected chi connectivity index (χ0v) is 19.4. The molecule has 0 aromatic heterocycles. The first kappa shape index (κ1) is 29.7. The second-order valence-electron chi connectivity index (χ2n) is 7.55. The molecule has 0 N–H and O–H groups in total. The van der Waals surface area contributed by atoms with Crippen molar-refractivity contribution in [1.29, 1.82) is 0 Å². The van der Waals surface area contributed by atoms with E-state index in [9.17, 15) is 9.90 Å². The van der Waals surface area contributed by atoms with Gasteiger partial charge in [-0.1, -0.05) is 90.5 Å². The van der Waals surface area contributed by atoms with Crippen molar-refractivity contribution in [2.75, 3.05) is 6.54 Å². The summed E-state index contributed by atoms with van der Waals surface area (Å²) in [6, 6.07) is 0.313. The zero-order valence-electron chi connectivity index (χ0n) is 19.4. The fraction of sp³-hybridized carbons (Fsp3) is 0.792. The average Bonchev–Trinajstić information content (AvgIpc) is 2.65. The van der Waals surface area contributed by atoms with Crippen molar-refractivity contribution in [3.8, 4) is 0 Å². The first-order valence-electron chi connectivity index (χ1n) is 11.4. The normalized spacial score (nSPS) is 13.9. The summed E-state index contributed by atoms with van der Waals surface area (Å²) in [5, 5.41) is 11.3. The van der Waals surface area contributed by atoms with Crippen molar-refractivity contribution in [3.63, 3.8) is 0 Å². The SMILES string of the molecule is CCCCCC/C=C/C(CC)N(CC(=O)[O-])C(/C=C/CCCCCC)CC.[Li+]. The van der Waals surface area contributed by atoms with Crippen LogP contribution in [0.4, 0.5) is 0 Å². The van der Waals surface area contributed by atoms with Gasteiger partial charge in [-0.25, -0.2) is 0 Å². The van der Waals surface area contributed by atoms with Crippen LogP contribution in [0.3, 0.4) is 0 Å². The van der Waals surface area contributed by atoms with E-state index in [1.54, 1.807) is 0 Å². The Bertz CT molecular complexity index is 379. The van der Waals surface area contributed by atoms with Gasteiger partial charge in [-0.3, -0.25) is 4.90 Å². The number of carbonyl (C=O) groups is 1. The van der Waals surface area contributed by atoms with E-state index in [1.807, 2.05) is 0 Å². The molecule has 158 valence electrons. The third kappa shape index (κ3) is 15.4. The number of hydrogen-bond acceptors (Lipinski definition) is 3. The van der Waals surface area contributed by atoms with Crippen molar-refractivity contribution in [2.24, 2.45) is 0 Å². The Hall–Kier alpha value is -0.493. The molecule has 0 aliphatic carbocycles. The number of nitrogens with zero attached hydrogens (tertiary/aromatic N) is 1. The van der Waals surface area contributed by atoms with Crippen LogP contribution >= 0.6 is 0 Å². The van der Waals surface area contributed by atoms with Gasteiger partial charge in [0.1, 0.15) is 0 Å². The summed E-state index contributed by atoms with van der Waals surface area (Å²) >= 11 is 0. The smallest absolute Gasteiger partial charge is 0.549 e. The quantitative estimate of drug-likeness (QED) is 0.207. The molecule has 0 rings (SSSR count). The molecule has 0 aliphatic heterocycles. The summed E-state index contributed by atoms with van der Waals surface area (Å²) in [7, 11) is 0. The van der Waals surface area contributed by atoms with Gasteiger partial charge in [-0.15, -0.1) is 0 Å². The molecule has 0 saturated heterocycles. The maximum Gasteiger partial charge on any atom is 1.00 e. The Morgan fingerprint density at radius 1 is 0.786 bits per heavy atom. The van der Waals surface area contributed by atoms with Crippen LogP contribution < -0.4 is 24.0 Å². The van der Waals surface area contributed by atoms with E-state index in [-0.39, 0.29) is 37.5 Å². The number of hydrogen-bond donors (Lipinski definition) is 0. The fourth-order valence-electron chi connectivity index (χ4n) is 3.48. The first-order valence-corrected chi connectivity index (χ1v) is 11.4. The van der Waals surface area contributed by atoms with E-state index in [2.05, 4.69) is 56.9 Å². The summed E-state index contributed by atoms with van der Waals surface area (Å²) < 4.78 is 0. The van der Waals surface area contributed by atoms with Gasteiger partial charge < -0.3 is 9.90 Å². The molecular formula is C24H44LiNO2. The van der Waals surface area contributed by atoms with Gasteiger partial charge in [-0.2, -0.15) is 0 Å². The van der Waals surface area contributed by atoms with E-state index >= 15 is 0 Å². The Morgan fingerprint density at radius 2 is 1.21 bits per heavy atom. The molecule has 28 heavy (non-hydrogen) atoms. The molecule has 0 bridgehead atoms. The number of aliphatic carboxylic acids is 1. The second-order valence-corrected chi connectivity index (χ2v) is 7.55. The van der Waals surface area contributed by atoms with Crippen LogP contribution in [-0.4, -0.2) is 29.5 Å². The minimum Gasteiger partial charge on any atom is -0.549 e. The molecule has 0 spiro atoms.